The van der Waals surface area contributed by atoms with Gasteiger partial charge in [-0.05, 0) is 74.2 Å². The minimum Gasteiger partial charge on any atom is -0.497 e. The maximum absolute atomic E-state index is 14.1. The third-order valence-electron chi connectivity index (χ3n) is 6.78. The number of methoxy groups -OCH3 is 1. The van der Waals surface area contributed by atoms with Gasteiger partial charge >= 0.3 is 0 Å². The van der Waals surface area contributed by atoms with Crippen LogP contribution in [0.15, 0.2) is 71.6 Å². The van der Waals surface area contributed by atoms with Crippen molar-refractivity contribution in [3.8, 4) is 5.75 Å². The van der Waals surface area contributed by atoms with Crippen LogP contribution in [0.1, 0.15) is 43.4 Å². The Morgan fingerprint density at radius 2 is 1.63 bits per heavy atom. The molecule has 0 fully saturated rings. The van der Waals surface area contributed by atoms with E-state index in [2.05, 4.69) is 5.32 Å². The number of hydrogen-bond acceptors (Lipinski definition) is 5. The van der Waals surface area contributed by atoms with E-state index in [0.717, 1.165) is 27.4 Å². The fourth-order valence-electron chi connectivity index (χ4n) is 4.32. The predicted molar refractivity (Wildman–Crippen MR) is 163 cm³/mol. The highest BCUT2D eigenvalue weighted by Crippen LogP contribution is 2.29. The van der Waals surface area contributed by atoms with Gasteiger partial charge in [0.15, 0.2) is 0 Å². The summed E-state index contributed by atoms with van der Waals surface area (Å²) in [6, 6.07) is 17.7. The van der Waals surface area contributed by atoms with Gasteiger partial charge in [0.05, 0.1) is 17.7 Å². The summed E-state index contributed by atoms with van der Waals surface area (Å²) in [6.07, 6.45) is 1.09. The molecule has 0 radical (unpaired) electrons. The number of aryl methyl sites for hydroxylation is 2. The van der Waals surface area contributed by atoms with Crippen LogP contribution < -0.4 is 14.4 Å². The van der Waals surface area contributed by atoms with Gasteiger partial charge in [0.1, 0.15) is 18.3 Å². The maximum Gasteiger partial charge on any atom is 0.264 e. The van der Waals surface area contributed by atoms with Crippen molar-refractivity contribution in [2.45, 2.75) is 58.0 Å². The second kappa shape index (κ2) is 14.4. The fraction of sp³-hybridized carbons (Fsp3) is 0.355. The SMILES string of the molecule is CCCNC(=O)C(CC)N(Cc1ccc(OC)cc1)C(=O)CN(c1ccc(C)c(Cl)c1)S(=O)(=O)c1ccc(C)cc1. The second-order valence-corrected chi connectivity index (χ2v) is 12.1. The molecule has 0 saturated heterocycles. The summed E-state index contributed by atoms with van der Waals surface area (Å²) in [5.74, 6) is -0.153. The summed E-state index contributed by atoms with van der Waals surface area (Å²) in [4.78, 5) is 28.8. The molecule has 0 bridgehead atoms. The lowest BCUT2D eigenvalue weighted by Crippen LogP contribution is -2.52. The first kappa shape index (κ1) is 32.0. The minimum atomic E-state index is -4.17. The van der Waals surface area contributed by atoms with Crippen LogP contribution in [0.5, 0.6) is 5.75 Å². The number of halogens is 1. The van der Waals surface area contributed by atoms with E-state index in [1.54, 1.807) is 43.5 Å². The number of carbonyl (C=O) groups is 2. The van der Waals surface area contributed by atoms with Crippen molar-refractivity contribution in [3.63, 3.8) is 0 Å². The number of sulfonamides is 1. The highest BCUT2D eigenvalue weighted by Gasteiger charge is 2.33. The van der Waals surface area contributed by atoms with Crippen molar-refractivity contribution in [1.82, 2.24) is 10.2 Å². The Balaban J connectivity index is 2.07. The van der Waals surface area contributed by atoms with Crippen LogP contribution in [0.25, 0.3) is 0 Å². The smallest absolute Gasteiger partial charge is 0.264 e. The zero-order valence-corrected chi connectivity index (χ0v) is 25.8. The van der Waals surface area contributed by atoms with E-state index < -0.39 is 28.5 Å². The Morgan fingerprint density at radius 3 is 2.20 bits per heavy atom. The van der Waals surface area contributed by atoms with Crippen LogP contribution >= 0.6 is 11.6 Å². The molecule has 41 heavy (non-hydrogen) atoms. The monoisotopic (exact) mass is 599 g/mol. The highest BCUT2D eigenvalue weighted by atomic mass is 35.5. The topological polar surface area (TPSA) is 96.0 Å². The summed E-state index contributed by atoms with van der Waals surface area (Å²) in [5.41, 5.74) is 2.70. The molecule has 0 heterocycles. The minimum absolute atomic E-state index is 0.0435. The highest BCUT2D eigenvalue weighted by molar-refractivity contribution is 7.92. The molecule has 0 aromatic heterocycles. The first-order chi connectivity index (χ1) is 19.5. The molecular formula is C31H38ClN3O5S. The number of benzene rings is 3. The van der Waals surface area contributed by atoms with E-state index in [0.29, 0.717) is 23.7 Å². The van der Waals surface area contributed by atoms with Gasteiger partial charge < -0.3 is 15.0 Å². The van der Waals surface area contributed by atoms with Crippen LogP contribution in [0.3, 0.4) is 0 Å². The van der Waals surface area contributed by atoms with Crippen molar-refractivity contribution in [1.29, 1.82) is 0 Å². The van der Waals surface area contributed by atoms with Gasteiger partial charge in [-0.25, -0.2) is 8.42 Å². The Kier molecular flexibility index (Phi) is 11.2. The number of ether oxygens (including phenoxy) is 1. The predicted octanol–water partition coefficient (Wildman–Crippen LogP) is 5.49. The number of hydrogen-bond donors (Lipinski definition) is 1. The summed E-state index contributed by atoms with van der Waals surface area (Å²) in [6.45, 7) is 7.50. The molecule has 0 aliphatic rings. The van der Waals surface area contributed by atoms with Crippen LogP contribution in [-0.4, -0.2) is 51.4 Å². The molecule has 3 aromatic rings. The summed E-state index contributed by atoms with van der Waals surface area (Å²) < 4.78 is 34.2. The third-order valence-corrected chi connectivity index (χ3v) is 8.97. The fourth-order valence-corrected chi connectivity index (χ4v) is 5.90. The molecule has 220 valence electrons. The molecule has 1 N–H and O–H groups in total. The summed E-state index contributed by atoms with van der Waals surface area (Å²) in [7, 11) is -2.60. The number of anilines is 1. The lowest BCUT2D eigenvalue weighted by molar-refractivity contribution is -0.140. The third kappa shape index (κ3) is 8.01. The largest absolute Gasteiger partial charge is 0.497 e. The first-order valence-corrected chi connectivity index (χ1v) is 15.4. The number of nitrogens with one attached hydrogen (secondary N) is 1. The summed E-state index contributed by atoms with van der Waals surface area (Å²) in [5, 5.41) is 3.26. The van der Waals surface area contributed by atoms with E-state index in [-0.39, 0.29) is 23.0 Å². The molecule has 8 nitrogen and oxygen atoms in total. The number of nitrogens with zero attached hydrogens (tertiary/aromatic N) is 2. The van der Waals surface area contributed by atoms with Crippen molar-refractivity contribution < 1.29 is 22.7 Å². The van der Waals surface area contributed by atoms with Gasteiger partial charge in [0.2, 0.25) is 11.8 Å². The van der Waals surface area contributed by atoms with Crippen molar-refractivity contribution in [2.75, 3.05) is 24.5 Å². The molecule has 0 aliphatic heterocycles. The van der Waals surface area contributed by atoms with Gasteiger partial charge in [-0.1, -0.05) is 61.3 Å². The zero-order chi connectivity index (χ0) is 30.2. The van der Waals surface area contributed by atoms with Crippen molar-refractivity contribution in [2.24, 2.45) is 0 Å². The molecule has 3 aromatic carbocycles. The Hall–Kier alpha value is -3.56. The standard InChI is InChI=1S/C31H38ClN3O5S/c1-6-18-33-31(37)29(7-2)34(20-24-11-14-26(40-5)15-12-24)30(36)21-35(25-13-10-23(4)28(32)19-25)41(38,39)27-16-8-22(3)9-17-27/h8-17,19,29H,6-7,18,20-21H2,1-5H3,(H,33,37). The molecule has 1 unspecified atom stereocenters. The molecule has 2 amide bonds. The van der Waals surface area contributed by atoms with Gasteiger partial charge in [-0.3, -0.25) is 13.9 Å². The Bertz CT molecular complexity index is 1440. The first-order valence-electron chi connectivity index (χ1n) is 13.6. The maximum atomic E-state index is 14.1. The average Bonchev–Trinajstić information content (AvgIpc) is 2.96. The van der Waals surface area contributed by atoms with Gasteiger partial charge in [-0.15, -0.1) is 0 Å². The summed E-state index contributed by atoms with van der Waals surface area (Å²) >= 11 is 6.39. The van der Waals surface area contributed by atoms with E-state index in [1.165, 1.54) is 23.1 Å². The molecule has 0 spiro atoms. The second-order valence-electron chi connectivity index (χ2n) is 9.84. The lowest BCUT2D eigenvalue weighted by Gasteiger charge is -2.33. The van der Waals surface area contributed by atoms with Crippen LogP contribution in [0.4, 0.5) is 5.69 Å². The molecule has 0 aliphatic carbocycles. The van der Waals surface area contributed by atoms with Crippen LogP contribution in [0.2, 0.25) is 5.02 Å². The van der Waals surface area contributed by atoms with Crippen molar-refractivity contribution >= 4 is 39.1 Å². The van der Waals surface area contributed by atoms with Gasteiger partial charge in [0.25, 0.3) is 10.0 Å². The van der Waals surface area contributed by atoms with Gasteiger partial charge in [0, 0.05) is 18.1 Å². The quantitative estimate of drug-likeness (QED) is 0.280. The molecule has 3 rings (SSSR count). The van der Waals surface area contributed by atoms with E-state index in [1.807, 2.05) is 39.8 Å². The molecular weight excluding hydrogens is 562 g/mol. The van der Waals surface area contributed by atoms with Crippen LogP contribution in [-0.2, 0) is 26.2 Å². The molecule has 0 saturated carbocycles. The normalized spacial score (nSPS) is 12.0. The van der Waals surface area contributed by atoms with Crippen LogP contribution in [0, 0.1) is 13.8 Å². The van der Waals surface area contributed by atoms with Gasteiger partial charge in [-0.2, -0.15) is 0 Å². The number of amides is 2. The van der Waals surface area contributed by atoms with Crippen molar-refractivity contribution in [3.05, 3.63) is 88.4 Å². The molecule has 10 heteroatoms. The Labute approximate surface area is 248 Å². The number of rotatable bonds is 13. The van der Waals surface area contributed by atoms with E-state index in [4.69, 9.17) is 16.3 Å². The van der Waals surface area contributed by atoms with E-state index >= 15 is 0 Å². The zero-order valence-electron chi connectivity index (χ0n) is 24.2. The number of carbonyl (C=O) groups excluding carboxylic acids is 2. The van der Waals surface area contributed by atoms with E-state index in [9.17, 15) is 18.0 Å². The average molecular weight is 600 g/mol. The molecule has 1 atom stereocenters. The Morgan fingerprint density at radius 1 is 0.976 bits per heavy atom. The lowest BCUT2D eigenvalue weighted by atomic mass is 10.1.